The van der Waals surface area contributed by atoms with Crippen molar-refractivity contribution in [1.82, 2.24) is 52.3 Å². The summed E-state index contributed by atoms with van der Waals surface area (Å²) in [4.78, 5) is 119. The number of unbranched alkanes of at least 4 members (excludes halogenated alkanes) is 8. The average molecular weight is 1540 g/mol. The van der Waals surface area contributed by atoms with Gasteiger partial charge in [0.25, 0.3) is 47.3 Å². The summed E-state index contributed by atoms with van der Waals surface area (Å²) in [5, 5.41) is 24.0. The normalized spacial score (nSPS) is 13.5. The molecule has 0 aliphatic carbocycles. The lowest BCUT2D eigenvalue weighted by Gasteiger charge is -2.25. The minimum atomic E-state index is -0.500. The second kappa shape index (κ2) is 53.7. The molecule has 0 saturated heterocycles. The molecule has 28 heteroatoms. The van der Waals surface area contributed by atoms with Gasteiger partial charge in [-0.1, -0.05) is 107 Å². The van der Waals surface area contributed by atoms with E-state index in [1.807, 2.05) is 65.2 Å². The molecule has 28 nitrogen and oxygen atoms in total. The highest BCUT2D eigenvalue weighted by molar-refractivity contribution is 6.06. The van der Waals surface area contributed by atoms with Crippen molar-refractivity contribution in [3.63, 3.8) is 0 Å². The van der Waals surface area contributed by atoms with E-state index >= 15 is 0 Å². The Morgan fingerprint density at radius 1 is 0.300 bits per heavy atom. The molecule has 0 saturated carbocycles. The van der Waals surface area contributed by atoms with Crippen LogP contribution in [-0.4, -0.2) is 229 Å². The zero-order valence-corrected chi connectivity index (χ0v) is 67.1. The Balaban J connectivity index is 1.55. The molecule has 8 amide bonds. The summed E-state index contributed by atoms with van der Waals surface area (Å²) in [7, 11) is 3.09. The fraction of sp³-hybridized carbons (Fsp3) is 0.610. The van der Waals surface area contributed by atoms with E-state index in [0.29, 0.717) is 64.6 Å². The zero-order valence-electron chi connectivity index (χ0n) is 67.1. The van der Waals surface area contributed by atoms with Crippen LogP contribution in [0.2, 0.25) is 0 Å². The Labute approximate surface area is 651 Å². The van der Waals surface area contributed by atoms with Crippen LogP contribution in [-0.2, 0) is 9.47 Å². The molecule has 8 rings (SSSR count). The van der Waals surface area contributed by atoms with E-state index in [4.69, 9.17) is 47.4 Å². The fourth-order valence-electron chi connectivity index (χ4n) is 11.3. The SMILES string of the molecule is CCCCOc1c(C(=O)NCCOC)ccc(C(=O)NCCN2CCNC(=O)c3ccc(c(OCCCC)c3OCCCC)C(=O)NCCN(CCNC(=O)c3ccc(C(=O)NCCOC)c(OCCCC)c3OCCCC)CCNC(=O)c3ccc(c(OCCCC)c3OCCCC)C(=O)NCC2)c1OCCCC. The highest BCUT2D eigenvalue weighted by Crippen LogP contribution is 2.40. The number of amides is 8. The van der Waals surface area contributed by atoms with E-state index in [1.165, 1.54) is 0 Å². The first-order valence-electron chi connectivity index (χ1n) is 40.0. The van der Waals surface area contributed by atoms with E-state index in [-0.39, 0.29) is 235 Å². The van der Waals surface area contributed by atoms with Gasteiger partial charge in [-0.2, -0.15) is 0 Å². The molecule has 0 atom stereocenters. The molecule has 4 heterocycles. The molecule has 612 valence electrons. The van der Waals surface area contributed by atoms with Gasteiger partial charge in [-0.15, -0.1) is 0 Å². The van der Waals surface area contributed by atoms with Gasteiger partial charge in [0.1, 0.15) is 0 Å². The smallest absolute Gasteiger partial charge is 0.255 e. The molecule has 0 fully saturated rings. The number of carbonyl (C=O) groups excluding carboxylic acids is 8. The Bertz CT molecular complexity index is 3150. The summed E-state index contributed by atoms with van der Waals surface area (Å²) in [6.07, 6.45) is 11.7. The summed E-state index contributed by atoms with van der Waals surface area (Å²) < 4.78 is 61.3. The van der Waals surface area contributed by atoms with Crippen molar-refractivity contribution in [2.24, 2.45) is 0 Å². The van der Waals surface area contributed by atoms with Gasteiger partial charge in [0.2, 0.25) is 0 Å². The maximum Gasteiger partial charge on any atom is 0.255 e. The first-order chi connectivity index (χ1) is 53.6. The van der Waals surface area contributed by atoms with Gasteiger partial charge in [0.15, 0.2) is 46.0 Å². The lowest BCUT2D eigenvalue weighted by Crippen LogP contribution is -2.43. The third-order valence-corrected chi connectivity index (χ3v) is 17.8. The van der Waals surface area contributed by atoms with Crippen LogP contribution in [0.25, 0.3) is 0 Å². The van der Waals surface area contributed by atoms with Crippen LogP contribution >= 0.6 is 0 Å². The average Bonchev–Trinajstić information content (AvgIpc) is 0.818. The van der Waals surface area contributed by atoms with Crippen LogP contribution in [0, 0.1) is 0 Å². The zero-order chi connectivity index (χ0) is 79.7. The molecule has 4 aliphatic heterocycles. The number of carbonyl (C=O) groups is 8. The number of hydrogen-bond donors (Lipinski definition) is 8. The standard InChI is InChI=1S/C82H126N10O18/c1-11-19-49-103-67-59-27-28-60(68(67)104-50-20-12-2)76(94)84-36-44-92(48-40-88-80(98)64-32-34-66(82(100)90-42-58-102-10)74(110-56-26-18-8)72(64)108-54-24-16-6)46-38-86-78(96)62-30-29-61(69(105-51-21-13-3)70(62)106-52-22-14-4)77(95)85-37-45-91(43-35-83-75(59)93)47-39-87-79(97)63-31-33-65(81(99)89-41-57-101-9)73(109-55-25-17-7)71(63)107-53-23-15-5/h27-34H,11-26,35-58H2,1-10H3,(H,83,93)(H,84,94)(H,85,95)(H,86,96)(H,87,97)(H,88,98)(H,89,99)(H,90,100). The maximum absolute atomic E-state index is 14.7. The van der Waals surface area contributed by atoms with Gasteiger partial charge in [-0.3, -0.25) is 48.2 Å². The highest BCUT2D eigenvalue weighted by atomic mass is 16.5. The van der Waals surface area contributed by atoms with Crippen molar-refractivity contribution in [2.45, 2.75) is 158 Å². The number of nitrogens with one attached hydrogen (secondary N) is 8. The van der Waals surface area contributed by atoms with Gasteiger partial charge in [-0.05, 0) is 99.9 Å². The lowest BCUT2D eigenvalue weighted by atomic mass is 10.1. The molecule has 0 aromatic heterocycles. The molecule has 0 unspecified atom stereocenters. The topological polar surface area (TPSA) is 332 Å². The summed E-state index contributed by atoms with van der Waals surface area (Å²) in [6, 6.07) is 12.4. The Hall–Kier alpha value is -9.12. The number of benzene rings is 4. The van der Waals surface area contributed by atoms with E-state index < -0.39 is 47.3 Å². The van der Waals surface area contributed by atoms with Crippen LogP contribution in [0.3, 0.4) is 0 Å². The van der Waals surface area contributed by atoms with Crippen molar-refractivity contribution in [1.29, 1.82) is 0 Å². The van der Waals surface area contributed by atoms with E-state index in [0.717, 1.165) is 51.4 Å². The van der Waals surface area contributed by atoms with E-state index in [2.05, 4.69) is 42.5 Å². The highest BCUT2D eigenvalue weighted by Gasteiger charge is 2.31. The van der Waals surface area contributed by atoms with Gasteiger partial charge in [-0.25, -0.2) is 0 Å². The molecular weight excluding hydrogens is 1410 g/mol. The van der Waals surface area contributed by atoms with E-state index in [1.54, 1.807) is 62.8 Å². The molecule has 4 bridgehead atoms. The number of methoxy groups -OCH3 is 2. The van der Waals surface area contributed by atoms with Crippen molar-refractivity contribution in [3.05, 3.63) is 93.0 Å². The van der Waals surface area contributed by atoms with Gasteiger partial charge in [0.05, 0.1) is 111 Å². The van der Waals surface area contributed by atoms with Crippen molar-refractivity contribution in [2.75, 3.05) is 172 Å². The fourth-order valence-corrected chi connectivity index (χ4v) is 11.3. The maximum atomic E-state index is 14.7. The molecule has 4 aliphatic rings. The molecule has 110 heavy (non-hydrogen) atoms. The molecule has 8 N–H and O–H groups in total. The molecule has 0 radical (unpaired) electrons. The minimum Gasteiger partial charge on any atom is -0.489 e. The van der Waals surface area contributed by atoms with E-state index in [9.17, 15) is 38.4 Å². The third-order valence-electron chi connectivity index (χ3n) is 17.8. The number of nitrogens with zero attached hydrogens (tertiary/aromatic N) is 2. The molecular formula is C82H126N10O18. The third kappa shape index (κ3) is 30.3. The van der Waals surface area contributed by atoms with Crippen LogP contribution in [0.5, 0.6) is 46.0 Å². The summed E-state index contributed by atoms with van der Waals surface area (Å²) in [5.41, 5.74) is 1.33. The quantitative estimate of drug-likeness (QED) is 0.0191. The number of hydrogen-bond acceptors (Lipinski definition) is 20. The molecule has 4 aromatic carbocycles. The predicted molar refractivity (Wildman–Crippen MR) is 424 cm³/mol. The van der Waals surface area contributed by atoms with Gasteiger partial charge >= 0.3 is 0 Å². The van der Waals surface area contributed by atoms with Crippen molar-refractivity contribution in [3.8, 4) is 46.0 Å². The minimum absolute atomic E-state index is 0.0788. The summed E-state index contributed by atoms with van der Waals surface area (Å²) in [6.45, 7) is 21.0. The van der Waals surface area contributed by atoms with Crippen LogP contribution in [0.15, 0.2) is 48.5 Å². The number of ether oxygens (including phenoxy) is 10. The predicted octanol–water partition coefficient (Wildman–Crippen LogP) is 9.97. The second-order valence-corrected chi connectivity index (χ2v) is 26.6. The first kappa shape index (κ1) is 91.5. The summed E-state index contributed by atoms with van der Waals surface area (Å²) >= 11 is 0. The Morgan fingerprint density at radius 3 is 0.700 bits per heavy atom. The van der Waals surface area contributed by atoms with Gasteiger partial charge < -0.3 is 89.9 Å². The molecule has 0 spiro atoms. The Morgan fingerprint density at radius 2 is 0.500 bits per heavy atom. The Kier molecular flexibility index (Phi) is 44.6. The van der Waals surface area contributed by atoms with Crippen LogP contribution in [0.1, 0.15) is 241 Å². The van der Waals surface area contributed by atoms with Crippen LogP contribution < -0.4 is 80.4 Å². The molecule has 4 aromatic rings. The van der Waals surface area contributed by atoms with Crippen molar-refractivity contribution >= 4 is 47.3 Å². The van der Waals surface area contributed by atoms with Crippen LogP contribution in [0.4, 0.5) is 0 Å². The van der Waals surface area contributed by atoms with Gasteiger partial charge in [0, 0.05) is 106 Å². The lowest BCUT2D eigenvalue weighted by molar-refractivity contribution is 0.0912. The number of rotatable bonds is 48. The largest absolute Gasteiger partial charge is 0.489 e. The van der Waals surface area contributed by atoms with Crippen molar-refractivity contribution < 1.29 is 85.7 Å². The monoisotopic (exact) mass is 1540 g/mol. The summed E-state index contributed by atoms with van der Waals surface area (Å²) in [5.74, 6) is -2.72. The first-order valence-corrected chi connectivity index (χ1v) is 40.0. The second-order valence-electron chi connectivity index (χ2n) is 26.6.